The summed E-state index contributed by atoms with van der Waals surface area (Å²) >= 11 is 0. The van der Waals surface area contributed by atoms with Crippen molar-refractivity contribution < 1.29 is 14.4 Å². The van der Waals surface area contributed by atoms with Crippen LogP contribution in [0.25, 0.3) is 10.8 Å². The van der Waals surface area contributed by atoms with Crippen LogP contribution in [-0.4, -0.2) is 54.8 Å². The van der Waals surface area contributed by atoms with Crippen molar-refractivity contribution in [3.8, 4) is 0 Å². The summed E-state index contributed by atoms with van der Waals surface area (Å²) in [7, 11) is 0. The number of piperidine rings is 1. The third-order valence-corrected chi connectivity index (χ3v) is 8.09. The van der Waals surface area contributed by atoms with Crippen LogP contribution < -0.4 is 16.4 Å². The second-order valence-electron chi connectivity index (χ2n) is 11.3. The molecule has 4 N–H and O–H groups in total. The smallest absolute Gasteiger partial charge is 0.245 e. The Kier molecular flexibility index (Phi) is 10.9. The SMILES string of the molecule is CCNC(=O)[C@]1(Cc2ccccc2)CCCN(C(=O)C(Cc2ccc3ccccc3c2)NC(=O)CCCCCN)C1. The Hall–Kier alpha value is -3.71. The number of amides is 3. The average molecular weight is 557 g/mol. The molecule has 4 rings (SSSR count). The summed E-state index contributed by atoms with van der Waals surface area (Å²) in [5, 5.41) is 8.32. The number of nitrogens with zero attached hydrogens (tertiary/aromatic N) is 1. The predicted octanol–water partition coefficient (Wildman–Crippen LogP) is 4.37. The van der Waals surface area contributed by atoms with Crippen LogP contribution in [0.3, 0.4) is 0 Å². The lowest BCUT2D eigenvalue weighted by atomic mass is 9.74. The van der Waals surface area contributed by atoms with Crippen LogP contribution in [0.1, 0.15) is 56.6 Å². The Morgan fingerprint density at radius 1 is 0.927 bits per heavy atom. The molecule has 3 amide bonds. The Morgan fingerprint density at radius 3 is 2.44 bits per heavy atom. The first-order valence-electron chi connectivity index (χ1n) is 15.0. The van der Waals surface area contributed by atoms with E-state index in [2.05, 4.69) is 34.9 Å². The summed E-state index contributed by atoms with van der Waals surface area (Å²) in [6.45, 7) is 3.95. The molecule has 0 aromatic heterocycles. The number of unbranched alkanes of at least 4 members (excludes halogenated alkanes) is 2. The molecular formula is C34H44N4O3. The van der Waals surface area contributed by atoms with E-state index in [9.17, 15) is 14.4 Å². The number of benzene rings is 3. The quantitative estimate of drug-likeness (QED) is 0.272. The number of rotatable bonds is 13. The second-order valence-corrected chi connectivity index (χ2v) is 11.3. The van der Waals surface area contributed by atoms with Gasteiger partial charge in [-0.25, -0.2) is 0 Å². The molecule has 1 aliphatic rings. The molecule has 0 aliphatic carbocycles. The van der Waals surface area contributed by atoms with Gasteiger partial charge in [0.05, 0.1) is 5.41 Å². The van der Waals surface area contributed by atoms with Gasteiger partial charge in [0.1, 0.15) is 6.04 Å². The summed E-state index contributed by atoms with van der Waals surface area (Å²) in [5.41, 5.74) is 6.95. The standard InChI is InChI=1S/C34H44N4O3/c1-2-36-33(41)34(24-26-12-5-3-6-13-26)19-11-21-38(25-34)32(40)30(37-31(39)16-7-4-10-20-35)23-27-17-18-28-14-8-9-15-29(28)22-27/h3,5-6,8-9,12-15,17-18,22,30H,2,4,7,10-11,16,19-21,23-25,35H2,1H3,(H,36,41)(H,37,39)/t30?,34-/m0/s1. The first kappa shape index (κ1) is 30.3. The van der Waals surface area contributed by atoms with Gasteiger partial charge in [0.25, 0.3) is 0 Å². The third kappa shape index (κ3) is 8.17. The number of fused-ring (bicyclic) bond motifs is 1. The molecule has 3 aromatic carbocycles. The average Bonchev–Trinajstić information content (AvgIpc) is 2.99. The van der Waals surface area contributed by atoms with Crippen molar-refractivity contribution in [2.75, 3.05) is 26.2 Å². The van der Waals surface area contributed by atoms with Crippen LogP contribution in [0.4, 0.5) is 0 Å². The van der Waals surface area contributed by atoms with E-state index in [-0.39, 0.29) is 17.7 Å². The maximum absolute atomic E-state index is 14.2. The predicted molar refractivity (Wildman–Crippen MR) is 164 cm³/mol. The minimum Gasteiger partial charge on any atom is -0.356 e. The van der Waals surface area contributed by atoms with Gasteiger partial charge in [-0.1, -0.05) is 79.2 Å². The molecule has 7 nitrogen and oxygen atoms in total. The largest absolute Gasteiger partial charge is 0.356 e. The van der Waals surface area contributed by atoms with Gasteiger partial charge in [-0.2, -0.15) is 0 Å². The van der Waals surface area contributed by atoms with E-state index in [1.807, 2.05) is 60.4 Å². The minimum absolute atomic E-state index is 0.0172. The van der Waals surface area contributed by atoms with Crippen molar-refractivity contribution in [2.24, 2.45) is 11.1 Å². The zero-order valence-corrected chi connectivity index (χ0v) is 24.2. The molecule has 1 unspecified atom stereocenters. The van der Waals surface area contributed by atoms with Crippen molar-refractivity contribution >= 4 is 28.5 Å². The van der Waals surface area contributed by atoms with E-state index in [1.165, 1.54) is 0 Å². The van der Waals surface area contributed by atoms with Crippen molar-refractivity contribution in [3.63, 3.8) is 0 Å². The Morgan fingerprint density at radius 2 is 1.68 bits per heavy atom. The van der Waals surface area contributed by atoms with Crippen molar-refractivity contribution in [1.29, 1.82) is 0 Å². The van der Waals surface area contributed by atoms with Gasteiger partial charge < -0.3 is 21.3 Å². The second kappa shape index (κ2) is 14.8. The molecule has 1 aliphatic heterocycles. The van der Waals surface area contributed by atoms with Gasteiger partial charge >= 0.3 is 0 Å². The van der Waals surface area contributed by atoms with Gasteiger partial charge in [0.15, 0.2) is 0 Å². The zero-order chi connectivity index (χ0) is 29.1. The maximum Gasteiger partial charge on any atom is 0.245 e. The van der Waals surface area contributed by atoms with E-state index in [0.29, 0.717) is 51.9 Å². The molecule has 1 fully saturated rings. The number of nitrogens with two attached hydrogens (primary N) is 1. The highest BCUT2D eigenvalue weighted by Crippen LogP contribution is 2.35. The number of carbonyl (C=O) groups excluding carboxylic acids is 3. The van der Waals surface area contributed by atoms with Gasteiger partial charge in [-0.15, -0.1) is 0 Å². The molecule has 2 atom stereocenters. The lowest BCUT2D eigenvalue weighted by Crippen LogP contribution is -2.58. The molecule has 0 bridgehead atoms. The summed E-state index contributed by atoms with van der Waals surface area (Å²) in [4.78, 5) is 42.5. The maximum atomic E-state index is 14.2. The Labute approximate surface area is 243 Å². The monoisotopic (exact) mass is 556 g/mol. The molecule has 1 saturated heterocycles. The normalized spacial score (nSPS) is 17.7. The fraction of sp³-hybridized carbons (Fsp3) is 0.441. The zero-order valence-electron chi connectivity index (χ0n) is 24.2. The highest BCUT2D eigenvalue weighted by Gasteiger charge is 2.44. The fourth-order valence-electron chi connectivity index (χ4n) is 5.96. The lowest BCUT2D eigenvalue weighted by Gasteiger charge is -2.43. The molecular weight excluding hydrogens is 512 g/mol. The van der Waals surface area contributed by atoms with E-state index < -0.39 is 11.5 Å². The molecule has 0 spiro atoms. The van der Waals surface area contributed by atoms with E-state index in [4.69, 9.17) is 5.73 Å². The number of hydrogen-bond donors (Lipinski definition) is 3. The minimum atomic E-state index is -0.717. The molecule has 3 aromatic rings. The van der Waals surface area contributed by atoms with Crippen LogP contribution in [0, 0.1) is 5.41 Å². The van der Waals surface area contributed by atoms with Crippen molar-refractivity contribution in [2.45, 2.75) is 64.3 Å². The molecule has 41 heavy (non-hydrogen) atoms. The summed E-state index contributed by atoms with van der Waals surface area (Å²) in [6.07, 6.45) is 5.25. The summed E-state index contributed by atoms with van der Waals surface area (Å²) in [6, 6.07) is 23.6. The lowest BCUT2D eigenvalue weighted by molar-refractivity contribution is -0.144. The van der Waals surface area contributed by atoms with Crippen molar-refractivity contribution in [1.82, 2.24) is 15.5 Å². The van der Waals surface area contributed by atoms with Crippen LogP contribution >= 0.6 is 0 Å². The Bertz CT molecular complexity index is 1310. The van der Waals surface area contributed by atoms with E-state index >= 15 is 0 Å². The van der Waals surface area contributed by atoms with Crippen LogP contribution in [-0.2, 0) is 27.2 Å². The number of carbonyl (C=O) groups is 3. The molecule has 0 saturated carbocycles. The number of likely N-dealkylation sites (tertiary alicyclic amines) is 1. The van der Waals surface area contributed by atoms with Gasteiger partial charge in [0.2, 0.25) is 17.7 Å². The van der Waals surface area contributed by atoms with Gasteiger partial charge in [0, 0.05) is 32.5 Å². The summed E-state index contributed by atoms with van der Waals surface area (Å²) < 4.78 is 0. The van der Waals surface area contributed by atoms with Gasteiger partial charge in [-0.3, -0.25) is 14.4 Å². The third-order valence-electron chi connectivity index (χ3n) is 8.09. The highest BCUT2D eigenvalue weighted by atomic mass is 16.2. The summed E-state index contributed by atoms with van der Waals surface area (Å²) in [5.74, 6) is -0.274. The van der Waals surface area contributed by atoms with E-state index in [0.717, 1.165) is 47.6 Å². The first-order chi connectivity index (χ1) is 19.9. The van der Waals surface area contributed by atoms with Crippen LogP contribution in [0.2, 0.25) is 0 Å². The Balaban J connectivity index is 1.57. The molecule has 1 heterocycles. The topological polar surface area (TPSA) is 105 Å². The van der Waals surface area contributed by atoms with Gasteiger partial charge in [-0.05, 0) is 67.5 Å². The molecule has 0 radical (unpaired) electrons. The number of nitrogens with one attached hydrogen (secondary N) is 2. The van der Waals surface area contributed by atoms with Crippen LogP contribution in [0.5, 0.6) is 0 Å². The highest BCUT2D eigenvalue weighted by molar-refractivity contribution is 5.90. The van der Waals surface area contributed by atoms with Crippen molar-refractivity contribution in [3.05, 3.63) is 83.9 Å². The number of hydrogen-bond acceptors (Lipinski definition) is 4. The first-order valence-corrected chi connectivity index (χ1v) is 15.0. The molecule has 218 valence electrons. The van der Waals surface area contributed by atoms with Crippen LogP contribution in [0.15, 0.2) is 72.8 Å². The molecule has 7 heteroatoms. The van der Waals surface area contributed by atoms with E-state index in [1.54, 1.807) is 0 Å². The fourth-order valence-corrected chi connectivity index (χ4v) is 5.96.